The Morgan fingerprint density at radius 1 is 1.21 bits per heavy atom. The fourth-order valence-corrected chi connectivity index (χ4v) is 2.23. The standard InChI is InChI=1S/C13H21N3O3/c1-4-19-10-5-9(6-10)14-7-11-12(17-2)15-8-16-13(11)18-3/h8-10,14H,4-7H2,1-3H3. The molecule has 0 amide bonds. The van der Waals surface area contributed by atoms with Crippen molar-refractivity contribution in [2.24, 2.45) is 0 Å². The van der Waals surface area contributed by atoms with E-state index in [1.54, 1.807) is 14.2 Å². The average Bonchev–Trinajstić information content (AvgIpc) is 2.40. The number of rotatable bonds is 7. The molecule has 106 valence electrons. The molecule has 1 fully saturated rings. The highest BCUT2D eigenvalue weighted by Gasteiger charge is 2.29. The highest BCUT2D eigenvalue weighted by molar-refractivity contribution is 5.34. The zero-order chi connectivity index (χ0) is 13.7. The summed E-state index contributed by atoms with van der Waals surface area (Å²) in [6.07, 6.45) is 3.94. The summed E-state index contributed by atoms with van der Waals surface area (Å²) < 4.78 is 16.0. The third-order valence-corrected chi connectivity index (χ3v) is 3.32. The molecule has 1 aliphatic carbocycles. The largest absolute Gasteiger partial charge is 0.481 e. The smallest absolute Gasteiger partial charge is 0.224 e. The minimum Gasteiger partial charge on any atom is -0.481 e. The Kier molecular flexibility index (Phi) is 4.93. The van der Waals surface area contributed by atoms with Crippen LogP contribution in [0.2, 0.25) is 0 Å². The van der Waals surface area contributed by atoms with E-state index in [-0.39, 0.29) is 0 Å². The number of ether oxygens (including phenoxy) is 3. The molecule has 0 saturated heterocycles. The molecule has 0 radical (unpaired) electrons. The van der Waals surface area contributed by atoms with Gasteiger partial charge >= 0.3 is 0 Å². The van der Waals surface area contributed by atoms with Crippen molar-refractivity contribution < 1.29 is 14.2 Å². The fourth-order valence-electron chi connectivity index (χ4n) is 2.23. The lowest BCUT2D eigenvalue weighted by atomic mass is 9.89. The second-order valence-electron chi connectivity index (χ2n) is 4.50. The molecular weight excluding hydrogens is 246 g/mol. The van der Waals surface area contributed by atoms with Gasteiger partial charge in [0.1, 0.15) is 6.33 Å². The normalized spacial score (nSPS) is 21.8. The lowest BCUT2D eigenvalue weighted by molar-refractivity contribution is -0.0103. The predicted octanol–water partition coefficient (Wildman–Crippen LogP) is 1.15. The first kappa shape index (κ1) is 14.0. The van der Waals surface area contributed by atoms with Gasteiger partial charge in [-0.15, -0.1) is 0 Å². The van der Waals surface area contributed by atoms with Crippen LogP contribution >= 0.6 is 0 Å². The lowest BCUT2D eigenvalue weighted by Crippen LogP contribution is -2.45. The zero-order valence-electron chi connectivity index (χ0n) is 11.7. The van der Waals surface area contributed by atoms with Crippen molar-refractivity contribution in [1.82, 2.24) is 15.3 Å². The van der Waals surface area contributed by atoms with Crippen molar-refractivity contribution in [2.45, 2.75) is 38.5 Å². The van der Waals surface area contributed by atoms with Crippen molar-refractivity contribution in [1.29, 1.82) is 0 Å². The molecule has 0 atom stereocenters. The first-order chi connectivity index (χ1) is 9.28. The van der Waals surface area contributed by atoms with Crippen LogP contribution in [0.4, 0.5) is 0 Å². The molecule has 19 heavy (non-hydrogen) atoms. The van der Waals surface area contributed by atoms with E-state index in [0.29, 0.717) is 30.5 Å². The minimum atomic E-state index is 0.401. The first-order valence-electron chi connectivity index (χ1n) is 6.55. The Hall–Kier alpha value is -1.40. The molecular formula is C13H21N3O3. The third kappa shape index (κ3) is 3.33. The van der Waals surface area contributed by atoms with E-state index >= 15 is 0 Å². The Morgan fingerprint density at radius 2 is 1.84 bits per heavy atom. The number of hydrogen-bond donors (Lipinski definition) is 1. The van der Waals surface area contributed by atoms with Gasteiger partial charge in [-0.1, -0.05) is 0 Å². The maximum Gasteiger partial charge on any atom is 0.224 e. The third-order valence-electron chi connectivity index (χ3n) is 3.32. The van der Waals surface area contributed by atoms with Gasteiger partial charge < -0.3 is 19.5 Å². The van der Waals surface area contributed by atoms with Gasteiger partial charge in [0.25, 0.3) is 0 Å². The number of aromatic nitrogens is 2. The monoisotopic (exact) mass is 267 g/mol. The summed E-state index contributed by atoms with van der Waals surface area (Å²) in [5, 5.41) is 3.45. The van der Waals surface area contributed by atoms with Crippen LogP contribution in [0, 0.1) is 0 Å². The number of hydrogen-bond acceptors (Lipinski definition) is 6. The van der Waals surface area contributed by atoms with E-state index in [9.17, 15) is 0 Å². The van der Waals surface area contributed by atoms with Crippen LogP contribution in [0.15, 0.2) is 6.33 Å². The first-order valence-corrected chi connectivity index (χ1v) is 6.55. The summed E-state index contributed by atoms with van der Waals surface area (Å²) >= 11 is 0. The number of nitrogens with zero attached hydrogens (tertiary/aromatic N) is 2. The summed E-state index contributed by atoms with van der Waals surface area (Å²) in [6, 6.07) is 0.478. The Labute approximate surface area is 113 Å². The van der Waals surface area contributed by atoms with Gasteiger partial charge in [0, 0.05) is 19.2 Å². The van der Waals surface area contributed by atoms with Gasteiger partial charge in [0.15, 0.2) is 0 Å². The van der Waals surface area contributed by atoms with Crippen LogP contribution in [0.3, 0.4) is 0 Å². The topological polar surface area (TPSA) is 65.5 Å². The molecule has 6 heteroatoms. The molecule has 0 aliphatic heterocycles. The van der Waals surface area contributed by atoms with Gasteiger partial charge in [-0.05, 0) is 19.8 Å². The molecule has 1 aromatic heterocycles. The van der Waals surface area contributed by atoms with Gasteiger partial charge in [0.05, 0.1) is 25.9 Å². The quantitative estimate of drug-likeness (QED) is 0.799. The molecule has 6 nitrogen and oxygen atoms in total. The summed E-state index contributed by atoms with van der Waals surface area (Å²) in [6.45, 7) is 3.44. The van der Waals surface area contributed by atoms with Crippen LogP contribution in [-0.4, -0.2) is 42.9 Å². The second kappa shape index (κ2) is 6.68. The average molecular weight is 267 g/mol. The molecule has 0 aromatic carbocycles. The predicted molar refractivity (Wildman–Crippen MR) is 70.4 cm³/mol. The molecule has 1 aliphatic rings. The molecule has 2 rings (SSSR count). The Bertz CT molecular complexity index is 386. The SMILES string of the molecule is CCOC1CC(NCc2c(OC)ncnc2OC)C1. The van der Waals surface area contributed by atoms with Crippen LogP contribution in [0.25, 0.3) is 0 Å². The summed E-state index contributed by atoms with van der Waals surface area (Å²) in [7, 11) is 3.19. The van der Waals surface area contributed by atoms with Crippen molar-refractivity contribution in [3.63, 3.8) is 0 Å². The van der Waals surface area contributed by atoms with Crippen molar-refractivity contribution >= 4 is 0 Å². The summed E-state index contributed by atoms with van der Waals surface area (Å²) in [4.78, 5) is 8.19. The molecule has 0 unspecified atom stereocenters. The lowest BCUT2D eigenvalue weighted by Gasteiger charge is -2.35. The van der Waals surface area contributed by atoms with E-state index in [4.69, 9.17) is 14.2 Å². The van der Waals surface area contributed by atoms with Gasteiger partial charge in [-0.3, -0.25) is 0 Å². The van der Waals surface area contributed by atoms with Gasteiger partial charge in [-0.25, -0.2) is 9.97 Å². The van der Waals surface area contributed by atoms with E-state index < -0.39 is 0 Å². The van der Waals surface area contributed by atoms with Gasteiger partial charge in [0.2, 0.25) is 11.8 Å². The molecule has 0 spiro atoms. The van der Waals surface area contributed by atoms with Crippen molar-refractivity contribution in [2.75, 3.05) is 20.8 Å². The molecule has 1 N–H and O–H groups in total. The zero-order valence-corrected chi connectivity index (χ0v) is 11.7. The molecule has 1 heterocycles. The highest BCUT2D eigenvalue weighted by atomic mass is 16.5. The Morgan fingerprint density at radius 3 is 2.37 bits per heavy atom. The Balaban J connectivity index is 1.89. The minimum absolute atomic E-state index is 0.401. The molecule has 1 saturated carbocycles. The van der Waals surface area contributed by atoms with Gasteiger partial charge in [-0.2, -0.15) is 0 Å². The maximum absolute atomic E-state index is 5.54. The summed E-state index contributed by atoms with van der Waals surface area (Å²) in [5.74, 6) is 1.11. The molecule has 0 bridgehead atoms. The maximum atomic E-state index is 5.54. The van der Waals surface area contributed by atoms with Crippen LogP contribution in [0.5, 0.6) is 11.8 Å². The number of methoxy groups -OCH3 is 2. The fraction of sp³-hybridized carbons (Fsp3) is 0.692. The van der Waals surface area contributed by atoms with Crippen LogP contribution < -0.4 is 14.8 Å². The van der Waals surface area contributed by atoms with E-state index in [2.05, 4.69) is 15.3 Å². The van der Waals surface area contributed by atoms with E-state index in [1.165, 1.54) is 6.33 Å². The van der Waals surface area contributed by atoms with Crippen LogP contribution in [0.1, 0.15) is 25.3 Å². The highest BCUT2D eigenvalue weighted by Crippen LogP contribution is 2.26. The van der Waals surface area contributed by atoms with E-state index in [0.717, 1.165) is 25.0 Å². The van der Waals surface area contributed by atoms with Crippen molar-refractivity contribution in [3.05, 3.63) is 11.9 Å². The molecule has 1 aromatic rings. The summed E-state index contributed by atoms with van der Waals surface area (Å²) in [5.41, 5.74) is 0.854. The van der Waals surface area contributed by atoms with Crippen molar-refractivity contribution in [3.8, 4) is 11.8 Å². The van der Waals surface area contributed by atoms with Crippen LogP contribution in [-0.2, 0) is 11.3 Å². The number of nitrogens with one attached hydrogen (secondary N) is 1. The van der Waals surface area contributed by atoms with E-state index in [1.807, 2.05) is 6.92 Å². The second-order valence-corrected chi connectivity index (χ2v) is 4.50.